The maximum Gasteiger partial charge on any atom is 0.248 e. The molecule has 1 radical (unpaired) electrons. The molecule has 2 N–H and O–H groups in total. The number of fused-ring (bicyclic) bond motifs is 1. The number of hydrogen-bond acceptors (Lipinski definition) is 2. The lowest BCUT2D eigenvalue weighted by Crippen LogP contribution is -2.20. The molecular weight excluding hydrogens is 147 g/mol. The average molecular weight is 159 g/mol. The number of rotatable bonds is 1. The summed E-state index contributed by atoms with van der Waals surface area (Å²) in [6, 6.07) is 0. The summed E-state index contributed by atoms with van der Waals surface area (Å²) < 4.78 is 0. The predicted octanol–water partition coefficient (Wildman–Crippen LogP) is 1.23. The van der Waals surface area contributed by atoms with Crippen molar-refractivity contribution < 1.29 is 0 Å². The number of hydrogen-bond donors (Lipinski definition) is 1. The van der Waals surface area contributed by atoms with E-state index in [-0.39, 0.29) is 0 Å². The first-order valence-corrected chi connectivity index (χ1v) is 4.24. The smallest absolute Gasteiger partial charge is 0.248 e. The molecule has 0 aromatic rings. The Balaban J connectivity index is 2.27. The third-order valence-electron chi connectivity index (χ3n) is 2.36. The van der Waals surface area contributed by atoms with Crippen molar-refractivity contribution in [3.8, 4) is 0 Å². The van der Waals surface area contributed by atoms with Crippen LogP contribution in [-0.2, 0) is 0 Å². The second-order valence-electron chi connectivity index (χ2n) is 3.12. The topological polar surface area (TPSA) is 29.3 Å². The van der Waals surface area contributed by atoms with Crippen molar-refractivity contribution in [3.63, 3.8) is 0 Å². The van der Waals surface area contributed by atoms with Crippen LogP contribution in [0.15, 0.2) is 35.8 Å². The van der Waals surface area contributed by atoms with Gasteiger partial charge in [0.05, 0.1) is 0 Å². The number of nitrogens with zero attached hydrogens (tertiary/aromatic N) is 1. The minimum absolute atomic E-state index is 0.550. The van der Waals surface area contributed by atoms with Gasteiger partial charge in [-0.3, -0.25) is 0 Å². The highest BCUT2D eigenvalue weighted by Gasteiger charge is 2.22. The van der Waals surface area contributed by atoms with Gasteiger partial charge in [0.25, 0.3) is 0 Å². The van der Waals surface area contributed by atoms with Gasteiger partial charge in [0.15, 0.2) is 0 Å². The van der Waals surface area contributed by atoms with Crippen LogP contribution in [0.4, 0.5) is 0 Å². The van der Waals surface area contributed by atoms with E-state index in [0.717, 1.165) is 12.1 Å². The molecule has 0 aromatic heterocycles. The molecule has 0 amide bonds. The minimum atomic E-state index is 0.550. The molecule has 2 nitrogen and oxygen atoms in total. The van der Waals surface area contributed by atoms with Crippen molar-refractivity contribution in [2.24, 2.45) is 11.7 Å². The molecule has 0 aromatic carbocycles. The largest absolute Gasteiger partial charge is 0.400 e. The minimum Gasteiger partial charge on any atom is -0.400 e. The van der Waals surface area contributed by atoms with Crippen LogP contribution in [0.25, 0.3) is 0 Å². The van der Waals surface area contributed by atoms with Crippen LogP contribution in [0.3, 0.4) is 0 Å². The van der Waals surface area contributed by atoms with E-state index in [2.05, 4.69) is 30.6 Å². The molecule has 0 bridgehead atoms. The fourth-order valence-corrected chi connectivity index (χ4v) is 1.68. The summed E-state index contributed by atoms with van der Waals surface area (Å²) in [5.41, 5.74) is 7.91. The summed E-state index contributed by atoms with van der Waals surface area (Å²) >= 11 is 0. The second kappa shape index (κ2) is 2.74. The maximum atomic E-state index is 5.72. The van der Waals surface area contributed by atoms with Crippen molar-refractivity contribution in [3.05, 3.63) is 35.8 Å². The summed E-state index contributed by atoms with van der Waals surface area (Å²) in [6.07, 6.45) is 9.49. The zero-order valence-corrected chi connectivity index (χ0v) is 7.20. The van der Waals surface area contributed by atoms with Gasteiger partial charge in [0, 0.05) is 17.3 Å². The Morgan fingerprint density at radius 3 is 3.25 bits per heavy atom. The van der Waals surface area contributed by atoms with Gasteiger partial charge in [-0.1, -0.05) is 19.0 Å². The first kappa shape index (κ1) is 7.53. The van der Waals surface area contributed by atoms with Gasteiger partial charge in [-0.05, 0) is 18.7 Å². The lowest BCUT2D eigenvalue weighted by atomic mass is 9.91. The van der Waals surface area contributed by atoms with E-state index in [4.69, 9.17) is 5.73 Å². The molecule has 0 fully saturated rings. The molecule has 0 saturated heterocycles. The Morgan fingerprint density at radius 2 is 2.50 bits per heavy atom. The van der Waals surface area contributed by atoms with E-state index < -0.39 is 0 Å². The van der Waals surface area contributed by atoms with Crippen molar-refractivity contribution in [1.29, 1.82) is 0 Å². The first-order chi connectivity index (χ1) is 5.81. The SMILES string of the molecule is C[B]N1C=CC2CC=C(N)C=C21. The lowest BCUT2D eigenvalue weighted by Gasteiger charge is -2.22. The summed E-state index contributed by atoms with van der Waals surface area (Å²) in [6.45, 7) is 2.03. The van der Waals surface area contributed by atoms with Crippen LogP contribution < -0.4 is 5.73 Å². The Morgan fingerprint density at radius 1 is 1.67 bits per heavy atom. The Kier molecular flexibility index (Phi) is 1.72. The summed E-state index contributed by atoms with van der Waals surface area (Å²) in [7, 11) is 2.06. The van der Waals surface area contributed by atoms with Crippen molar-refractivity contribution in [1.82, 2.24) is 4.81 Å². The van der Waals surface area contributed by atoms with E-state index >= 15 is 0 Å². The molecule has 1 aliphatic carbocycles. The zero-order valence-electron chi connectivity index (χ0n) is 7.20. The number of nitrogens with two attached hydrogens (primary N) is 1. The summed E-state index contributed by atoms with van der Waals surface area (Å²) in [5.74, 6) is 0.550. The van der Waals surface area contributed by atoms with E-state index in [0.29, 0.717) is 5.92 Å². The lowest BCUT2D eigenvalue weighted by molar-refractivity contribution is 0.639. The Hall–Kier alpha value is -1.12. The molecule has 2 aliphatic rings. The molecule has 12 heavy (non-hydrogen) atoms. The first-order valence-electron chi connectivity index (χ1n) is 4.24. The fraction of sp³-hybridized carbons (Fsp3) is 0.333. The van der Waals surface area contributed by atoms with Crippen molar-refractivity contribution in [2.45, 2.75) is 13.2 Å². The van der Waals surface area contributed by atoms with Crippen LogP contribution in [-0.4, -0.2) is 12.2 Å². The molecule has 1 unspecified atom stereocenters. The van der Waals surface area contributed by atoms with Gasteiger partial charge in [-0.15, -0.1) is 0 Å². The molecule has 3 heteroatoms. The molecule has 1 heterocycles. The van der Waals surface area contributed by atoms with Crippen molar-refractivity contribution >= 4 is 7.41 Å². The summed E-state index contributed by atoms with van der Waals surface area (Å²) in [5, 5.41) is 0. The van der Waals surface area contributed by atoms with Gasteiger partial charge in [-0.25, -0.2) is 0 Å². The van der Waals surface area contributed by atoms with Crippen LogP contribution in [0.5, 0.6) is 0 Å². The molecule has 61 valence electrons. The normalized spacial score (nSPS) is 26.4. The van der Waals surface area contributed by atoms with Gasteiger partial charge < -0.3 is 10.5 Å². The van der Waals surface area contributed by atoms with E-state index in [9.17, 15) is 0 Å². The highest BCUT2D eigenvalue weighted by Crippen LogP contribution is 2.31. The van der Waals surface area contributed by atoms with Gasteiger partial charge >= 0.3 is 0 Å². The molecule has 1 aliphatic heterocycles. The van der Waals surface area contributed by atoms with Gasteiger partial charge in [-0.2, -0.15) is 0 Å². The van der Waals surface area contributed by atoms with Crippen LogP contribution >= 0.6 is 0 Å². The quantitative estimate of drug-likeness (QED) is 0.583. The molecule has 2 rings (SSSR count). The molecule has 1 atom stereocenters. The number of allylic oxidation sites excluding steroid dienone is 3. The van der Waals surface area contributed by atoms with E-state index in [1.54, 1.807) is 0 Å². The average Bonchev–Trinajstić information content (AvgIpc) is 2.46. The standard InChI is InChI=1S/C9H12BN2/c1-10-12-5-4-7-2-3-8(11)6-9(7)12/h3-7H,2,11H2,1H3. The molecular formula is C9H12BN2. The fourth-order valence-electron chi connectivity index (χ4n) is 1.68. The van der Waals surface area contributed by atoms with Crippen molar-refractivity contribution in [2.75, 3.05) is 0 Å². The third-order valence-corrected chi connectivity index (χ3v) is 2.36. The monoisotopic (exact) mass is 159 g/mol. The highest BCUT2D eigenvalue weighted by molar-refractivity contribution is 6.31. The van der Waals surface area contributed by atoms with Gasteiger partial charge in [0.2, 0.25) is 7.41 Å². The van der Waals surface area contributed by atoms with Crippen LogP contribution in [0, 0.1) is 5.92 Å². The maximum absolute atomic E-state index is 5.72. The molecule has 0 spiro atoms. The third kappa shape index (κ3) is 1.05. The summed E-state index contributed by atoms with van der Waals surface area (Å²) in [4.78, 5) is 2.13. The van der Waals surface area contributed by atoms with Gasteiger partial charge in [0.1, 0.15) is 0 Å². The zero-order chi connectivity index (χ0) is 8.55. The second-order valence-corrected chi connectivity index (χ2v) is 3.12. The van der Waals surface area contributed by atoms with Crippen LogP contribution in [0.1, 0.15) is 6.42 Å². The Bertz CT molecular complexity index is 278. The highest BCUT2D eigenvalue weighted by atomic mass is 15.1. The molecule has 0 saturated carbocycles. The van der Waals surface area contributed by atoms with Crippen LogP contribution in [0.2, 0.25) is 6.82 Å². The van der Waals surface area contributed by atoms with E-state index in [1.807, 2.05) is 12.9 Å². The van der Waals surface area contributed by atoms with E-state index in [1.165, 1.54) is 5.70 Å². The Labute approximate surface area is 73.7 Å². The predicted molar refractivity (Wildman–Crippen MR) is 51.1 cm³/mol.